The third kappa shape index (κ3) is 1.79. The van der Waals surface area contributed by atoms with Crippen molar-refractivity contribution in [2.75, 3.05) is 7.05 Å². The lowest BCUT2D eigenvalue weighted by Gasteiger charge is -2.33. The molecule has 4 rings (SSSR count). The first-order chi connectivity index (χ1) is 10.5. The van der Waals surface area contributed by atoms with Gasteiger partial charge in [-0.05, 0) is 24.3 Å². The fourth-order valence-corrected chi connectivity index (χ4v) is 2.80. The van der Waals surface area contributed by atoms with Gasteiger partial charge in [0.05, 0.1) is 6.20 Å². The molecule has 112 valence electrons. The van der Waals surface area contributed by atoms with Gasteiger partial charge in [-0.15, -0.1) is 0 Å². The zero-order chi connectivity index (χ0) is 15.4. The zero-order valence-corrected chi connectivity index (χ0v) is 12.2. The first kappa shape index (κ1) is 13.1. The molecule has 1 aromatic carbocycles. The molecule has 1 fully saturated rings. The van der Waals surface area contributed by atoms with E-state index < -0.39 is 18.2 Å². The number of halogens is 1. The van der Waals surface area contributed by atoms with E-state index in [9.17, 15) is 9.59 Å². The van der Waals surface area contributed by atoms with Crippen LogP contribution in [0.2, 0.25) is 5.02 Å². The van der Waals surface area contributed by atoms with Gasteiger partial charge in [0.2, 0.25) is 0 Å². The van der Waals surface area contributed by atoms with Gasteiger partial charge >= 0.3 is 6.03 Å². The molecule has 3 aliphatic rings. The number of carbonyl (C=O) groups is 2. The predicted octanol–water partition coefficient (Wildman–Crippen LogP) is 1.22. The average Bonchev–Trinajstić information content (AvgIpc) is 3.03. The summed E-state index contributed by atoms with van der Waals surface area (Å²) in [6.07, 6.45) is 1.15. The fraction of sp³-hybridized carbons (Fsp3) is 0.214. The van der Waals surface area contributed by atoms with Gasteiger partial charge in [-0.25, -0.2) is 9.79 Å². The molecule has 2 unspecified atom stereocenters. The summed E-state index contributed by atoms with van der Waals surface area (Å²) >= 11 is 5.87. The van der Waals surface area contributed by atoms with Crippen molar-refractivity contribution in [2.45, 2.75) is 12.2 Å². The SMILES string of the molecule is CN1C(=O)NC(=O)C2C1N=C1OC(c3ccc(Cl)cc3)=CN12. The van der Waals surface area contributed by atoms with E-state index in [4.69, 9.17) is 16.3 Å². The smallest absolute Gasteiger partial charge is 0.325 e. The lowest BCUT2D eigenvalue weighted by atomic mass is 10.1. The minimum atomic E-state index is -0.609. The van der Waals surface area contributed by atoms with Gasteiger partial charge in [0.1, 0.15) is 0 Å². The van der Waals surface area contributed by atoms with E-state index in [-0.39, 0.29) is 5.91 Å². The third-order valence-electron chi connectivity index (χ3n) is 3.85. The number of amides is 3. The molecule has 1 aromatic rings. The van der Waals surface area contributed by atoms with Crippen LogP contribution in [0.1, 0.15) is 5.56 Å². The number of imide groups is 1. The molecule has 0 aliphatic carbocycles. The summed E-state index contributed by atoms with van der Waals surface area (Å²) in [6.45, 7) is 0. The molecule has 3 heterocycles. The number of hydrogen-bond acceptors (Lipinski definition) is 5. The van der Waals surface area contributed by atoms with Crippen LogP contribution in [0.5, 0.6) is 0 Å². The molecule has 22 heavy (non-hydrogen) atoms. The summed E-state index contributed by atoms with van der Waals surface area (Å²) in [5.41, 5.74) is 0.832. The Hall–Kier alpha value is -2.54. The number of likely N-dealkylation sites (N-methyl/N-ethyl adjacent to an activating group) is 1. The van der Waals surface area contributed by atoms with E-state index in [1.54, 1.807) is 30.3 Å². The average molecular weight is 319 g/mol. The number of nitrogens with one attached hydrogen (secondary N) is 1. The van der Waals surface area contributed by atoms with Gasteiger partial charge in [-0.2, -0.15) is 0 Å². The molecule has 8 heteroatoms. The highest BCUT2D eigenvalue weighted by Crippen LogP contribution is 2.33. The largest absolute Gasteiger partial charge is 0.423 e. The second-order valence-electron chi connectivity index (χ2n) is 5.19. The van der Waals surface area contributed by atoms with E-state index in [0.29, 0.717) is 16.8 Å². The highest BCUT2D eigenvalue weighted by Gasteiger charge is 2.51. The number of fused-ring (bicyclic) bond motifs is 3. The van der Waals surface area contributed by atoms with Gasteiger partial charge in [0.15, 0.2) is 18.0 Å². The molecule has 0 aromatic heterocycles. The molecule has 1 N–H and O–H groups in total. The molecule has 3 aliphatic heterocycles. The van der Waals surface area contributed by atoms with Crippen molar-refractivity contribution in [3.05, 3.63) is 41.1 Å². The highest BCUT2D eigenvalue weighted by molar-refractivity contribution is 6.30. The number of carbonyl (C=O) groups excluding carboxylic acids is 2. The molecule has 0 bridgehead atoms. The van der Waals surface area contributed by atoms with Crippen LogP contribution < -0.4 is 5.32 Å². The van der Waals surface area contributed by atoms with E-state index in [1.165, 1.54) is 4.90 Å². The summed E-state index contributed by atoms with van der Waals surface area (Å²) in [5, 5.41) is 2.94. The van der Waals surface area contributed by atoms with Crippen LogP contribution in [0.4, 0.5) is 4.79 Å². The topological polar surface area (TPSA) is 74.2 Å². The lowest BCUT2D eigenvalue weighted by molar-refractivity contribution is -0.126. The van der Waals surface area contributed by atoms with Gasteiger partial charge in [-0.1, -0.05) is 11.6 Å². The Labute approximate surface area is 130 Å². The second kappa shape index (κ2) is 4.48. The highest BCUT2D eigenvalue weighted by atomic mass is 35.5. The van der Waals surface area contributed by atoms with E-state index in [1.807, 2.05) is 12.1 Å². The molecular formula is C14H11ClN4O3. The minimum absolute atomic E-state index is 0.316. The maximum atomic E-state index is 12.1. The van der Waals surface area contributed by atoms with Crippen molar-refractivity contribution >= 4 is 35.3 Å². The van der Waals surface area contributed by atoms with Crippen molar-refractivity contribution in [1.82, 2.24) is 15.1 Å². The normalized spacial score (nSPS) is 26.1. The summed E-state index contributed by atoms with van der Waals surface area (Å²) in [7, 11) is 1.59. The molecule has 2 atom stereocenters. The molecule has 0 saturated carbocycles. The molecule has 0 radical (unpaired) electrons. The lowest BCUT2D eigenvalue weighted by Crippen LogP contribution is -2.62. The van der Waals surface area contributed by atoms with E-state index in [0.717, 1.165) is 5.56 Å². The van der Waals surface area contributed by atoms with Crippen molar-refractivity contribution in [2.24, 2.45) is 4.99 Å². The second-order valence-corrected chi connectivity index (χ2v) is 5.62. The number of aliphatic imine (C=N–C) groups is 1. The molecule has 7 nitrogen and oxygen atoms in total. The minimum Gasteiger partial charge on any atom is -0.423 e. The molecule has 3 amide bonds. The number of ether oxygens (including phenoxy) is 1. The number of amidine groups is 1. The Morgan fingerprint density at radius 2 is 2.00 bits per heavy atom. The monoisotopic (exact) mass is 318 g/mol. The van der Waals surface area contributed by atoms with Gasteiger partial charge < -0.3 is 9.64 Å². The summed E-state index contributed by atoms with van der Waals surface area (Å²) in [5.74, 6) is 0.199. The van der Waals surface area contributed by atoms with Gasteiger partial charge in [0, 0.05) is 17.6 Å². The summed E-state index contributed by atoms with van der Waals surface area (Å²) in [6, 6.07) is 6.41. The Morgan fingerprint density at radius 3 is 2.73 bits per heavy atom. The first-order valence-electron chi connectivity index (χ1n) is 6.64. The van der Waals surface area contributed by atoms with E-state index in [2.05, 4.69) is 10.3 Å². The standard InChI is InChI=1S/C14H11ClN4O3/c1-18-11-10(12(20)17-13(18)21)19-6-9(22-14(19)16-11)7-2-4-8(15)5-3-7/h2-6,10-11H,1H3,(H,17,20,21). The van der Waals surface area contributed by atoms with Crippen LogP contribution in [-0.2, 0) is 9.53 Å². The number of benzene rings is 1. The van der Waals surface area contributed by atoms with Crippen molar-refractivity contribution in [3.63, 3.8) is 0 Å². The number of nitrogens with zero attached hydrogens (tertiary/aromatic N) is 3. The predicted molar refractivity (Wildman–Crippen MR) is 78.7 cm³/mol. The van der Waals surface area contributed by atoms with Crippen molar-refractivity contribution < 1.29 is 14.3 Å². The molecule has 1 saturated heterocycles. The van der Waals surface area contributed by atoms with Crippen LogP contribution >= 0.6 is 11.6 Å². The van der Waals surface area contributed by atoms with Crippen LogP contribution in [0.3, 0.4) is 0 Å². The van der Waals surface area contributed by atoms with Crippen LogP contribution in [-0.4, -0.2) is 47.0 Å². The van der Waals surface area contributed by atoms with Crippen molar-refractivity contribution in [1.29, 1.82) is 0 Å². The van der Waals surface area contributed by atoms with Crippen LogP contribution in [0, 0.1) is 0 Å². The molecule has 0 spiro atoms. The zero-order valence-electron chi connectivity index (χ0n) is 11.5. The van der Waals surface area contributed by atoms with Gasteiger partial charge in [-0.3, -0.25) is 15.0 Å². The van der Waals surface area contributed by atoms with Gasteiger partial charge in [0.25, 0.3) is 11.9 Å². The Kier molecular flexibility index (Phi) is 2.67. The Morgan fingerprint density at radius 1 is 1.27 bits per heavy atom. The van der Waals surface area contributed by atoms with E-state index >= 15 is 0 Å². The van der Waals surface area contributed by atoms with Crippen LogP contribution in [0.25, 0.3) is 5.76 Å². The first-order valence-corrected chi connectivity index (χ1v) is 7.02. The quantitative estimate of drug-likeness (QED) is 0.845. The number of hydrogen-bond donors (Lipinski definition) is 1. The number of rotatable bonds is 1. The maximum Gasteiger partial charge on any atom is 0.325 e. The van der Waals surface area contributed by atoms with Crippen LogP contribution in [0.15, 0.2) is 35.5 Å². The molecular weight excluding hydrogens is 308 g/mol. The fourth-order valence-electron chi connectivity index (χ4n) is 2.67. The summed E-state index contributed by atoms with van der Waals surface area (Å²) in [4.78, 5) is 31.1. The van der Waals surface area contributed by atoms with Crippen molar-refractivity contribution in [3.8, 4) is 0 Å². The Balaban J connectivity index is 1.66. The Bertz CT molecular complexity index is 743. The maximum absolute atomic E-state index is 12.1. The number of urea groups is 1. The third-order valence-corrected chi connectivity index (χ3v) is 4.10. The summed E-state index contributed by atoms with van der Waals surface area (Å²) < 4.78 is 5.71.